The third kappa shape index (κ3) is 5.91. The van der Waals surface area contributed by atoms with Crippen molar-refractivity contribution in [2.75, 3.05) is 12.3 Å². The Morgan fingerprint density at radius 2 is 2.12 bits per heavy atom. The fourth-order valence-corrected chi connectivity index (χ4v) is 1.74. The first kappa shape index (κ1) is 14.3. The first-order valence-electron chi connectivity index (χ1n) is 5.26. The molecule has 0 aromatic heterocycles. The van der Waals surface area contributed by atoms with Crippen molar-refractivity contribution < 1.29 is 14.2 Å². The molecule has 1 aromatic carbocycles. The fraction of sp³-hybridized carbons (Fsp3) is 0.364. The Labute approximate surface area is 108 Å². The molecule has 0 saturated heterocycles. The van der Waals surface area contributed by atoms with Crippen LogP contribution in [0.1, 0.15) is 12.0 Å². The number of hydrogen-bond donors (Lipinski definition) is 2. The summed E-state index contributed by atoms with van der Waals surface area (Å²) in [5, 5.41) is 2.80. The predicted octanol–water partition coefficient (Wildman–Crippen LogP) is 0.913. The molecule has 1 N–H and O–H groups in total. The molecule has 6 heteroatoms. The summed E-state index contributed by atoms with van der Waals surface area (Å²) in [5.74, 6) is 1.17. The topological polar surface area (TPSA) is 61.4 Å². The van der Waals surface area contributed by atoms with Crippen LogP contribution in [0.2, 0.25) is 0 Å². The molecular formula is C11H15NO3PS-. The molecule has 0 radical (unpaired) electrons. The molecular weight excluding hydrogens is 257 g/mol. The number of carbonyl (C=O) groups excluding carboxylic acids is 1. The molecule has 0 aliphatic rings. The van der Waals surface area contributed by atoms with Crippen molar-refractivity contribution in [3.05, 3.63) is 29.8 Å². The minimum absolute atomic E-state index is 0.0208. The zero-order chi connectivity index (χ0) is 12.5. The zero-order valence-corrected chi connectivity index (χ0v) is 11.2. The Bertz CT molecular complexity index is 345. The second-order valence-corrected chi connectivity index (χ2v) is 4.22. The molecule has 0 bridgehead atoms. The highest BCUT2D eigenvalue weighted by atomic mass is 32.1. The van der Waals surface area contributed by atoms with E-state index in [0.717, 1.165) is 12.0 Å². The minimum Gasteiger partial charge on any atom is -0.801 e. The number of rotatable bonds is 7. The largest absolute Gasteiger partial charge is 0.801 e. The Kier molecular flexibility index (Phi) is 7.01. The molecule has 0 aliphatic carbocycles. The Hall–Kier alpha value is -0.770. The third-order valence-electron chi connectivity index (χ3n) is 2.16. The number of nitrogens with one attached hydrogen (secondary N) is 1. The van der Waals surface area contributed by atoms with Gasteiger partial charge in [0.05, 0.1) is 0 Å². The van der Waals surface area contributed by atoms with Crippen LogP contribution >= 0.6 is 21.7 Å². The minimum atomic E-state index is -0.785. The molecule has 0 saturated carbocycles. The van der Waals surface area contributed by atoms with Crippen LogP contribution in [0.3, 0.4) is 0 Å². The van der Waals surface area contributed by atoms with Gasteiger partial charge in [-0.3, -0.25) is 4.79 Å². The van der Waals surface area contributed by atoms with Gasteiger partial charge in [-0.15, -0.1) is 0 Å². The van der Waals surface area contributed by atoms with E-state index in [1.54, 1.807) is 12.1 Å². The lowest BCUT2D eigenvalue weighted by Crippen LogP contribution is -2.25. The summed E-state index contributed by atoms with van der Waals surface area (Å²) < 4.78 is 4.83. The molecule has 4 nitrogen and oxygen atoms in total. The predicted molar refractivity (Wildman–Crippen MR) is 70.6 cm³/mol. The highest BCUT2D eigenvalue weighted by Crippen LogP contribution is 2.16. The van der Waals surface area contributed by atoms with Gasteiger partial charge in [0, 0.05) is 13.0 Å². The van der Waals surface area contributed by atoms with Crippen molar-refractivity contribution in [3.63, 3.8) is 0 Å². The Morgan fingerprint density at radius 1 is 1.41 bits per heavy atom. The average Bonchev–Trinajstić information content (AvgIpc) is 2.32. The van der Waals surface area contributed by atoms with E-state index in [9.17, 15) is 9.69 Å². The van der Waals surface area contributed by atoms with Gasteiger partial charge in [0.1, 0.15) is 5.75 Å². The molecule has 94 valence electrons. The lowest BCUT2D eigenvalue weighted by molar-refractivity contribution is -0.162. The van der Waals surface area contributed by atoms with Crippen molar-refractivity contribution in [1.29, 1.82) is 0 Å². The van der Waals surface area contributed by atoms with Crippen LogP contribution in [0.25, 0.3) is 0 Å². The first-order chi connectivity index (χ1) is 8.26. The van der Waals surface area contributed by atoms with Crippen molar-refractivity contribution in [2.45, 2.75) is 12.8 Å². The van der Waals surface area contributed by atoms with E-state index in [0.29, 0.717) is 24.5 Å². The molecule has 0 heterocycles. The number of amides is 1. The average molecular weight is 272 g/mol. The smallest absolute Gasteiger partial charge is 0.220 e. The Balaban J connectivity index is 2.29. The molecule has 1 atom stereocenters. The van der Waals surface area contributed by atoms with Crippen molar-refractivity contribution in [3.8, 4) is 5.75 Å². The van der Waals surface area contributed by atoms with Gasteiger partial charge < -0.3 is 14.7 Å². The fourth-order valence-electron chi connectivity index (χ4n) is 1.31. The number of carbonyl (C=O) groups is 1. The summed E-state index contributed by atoms with van der Waals surface area (Å²) in [6, 6.07) is 7.30. The Morgan fingerprint density at radius 3 is 2.71 bits per heavy atom. The maximum atomic E-state index is 11.2. The van der Waals surface area contributed by atoms with Gasteiger partial charge in [0.2, 0.25) is 5.91 Å². The monoisotopic (exact) mass is 272 g/mol. The van der Waals surface area contributed by atoms with Gasteiger partial charge in [0.15, 0.2) is 0 Å². The highest BCUT2D eigenvalue weighted by molar-refractivity contribution is 7.80. The molecule has 1 amide bonds. The van der Waals surface area contributed by atoms with E-state index in [2.05, 4.69) is 17.9 Å². The van der Waals surface area contributed by atoms with E-state index in [1.807, 2.05) is 12.1 Å². The van der Waals surface area contributed by atoms with E-state index in [4.69, 9.17) is 4.52 Å². The van der Waals surface area contributed by atoms with Crippen LogP contribution < -0.4 is 14.7 Å². The summed E-state index contributed by atoms with van der Waals surface area (Å²) in [6.45, 7) is 0.607. The standard InChI is InChI=1S/C11H15NO3PS/c13-11(6-8-17)12-7-5-9-1-3-10(4-2-9)15-16-14/h1-4,16-17H,5-8H2,(H,12,13)/q-1. The lowest BCUT2D eigenvalue weighted by atomic mass is 10.1. The number of benzene rings is 1. The van der Waals surface area contributed by atoms with Crippen LogP contribution in [0, 0.1) is 0 Å². The SMILES string of the molecule is O=C(CCS)NCCc1ccc(OP[O-])cc1. The van der Waals surface area contributed by atoms with Crippen LogP contribution in [-0.2, 0) is 11.2 Å². The quantitative estimate of drug-likeness (QED) is 0.573. The molecule has 1 aromatic rings. The number of thiol groups is 1. The van der Waals surface area contributed by atoms with Crippen molar-refractivity contribution >= 4 is 27.6 Å². The van der Waals surface area contributed by atoms with Crippen molar-refractivity contribution in [2.24, 2.45) is 0 Å². The summed E-state index contributed by atoms with van der Waals surface area (Å²) in [7, 11) is -0.785. The normalized spacial score (nSPS) is 10.7. The van der Waals surface area contributed by atoms with Crippen molar-refractivity contribution in [1.82, 2.24) is 5.32 Å². The summed E-state index contributed by atoms with van der Waals surface area (Å²) in [5.41, 5.74) is 1.10. The highest BCUT2D eigenvalue weighted by Gasteiger charge is 1.99. The first-order valence-corrected chi connectivity index (χ1v) is 6.71. The second kappa shape index (κ2) is 8.34. The summed E-state index contributed by atoms with van der Waals surface area (Å²) >= 11 is 3.98. The van der Waals surface area contributed by atoms with Gasteiger partial charge >= 0.3 is 0 Å². The van der Waals surface area contributed by atoms with Gasteiger partial charge in [0.25, 0.3) is 0 Å². The molecule has 17 heavy (non-hydrogen) atoms. The maximum Gasteiger partial charge on any atom is 0.220 e. The third-order valence-corrected chi connectivity index (χ3v) is 2.70. The molecule has 0 aliphatic heterocycles. The van der Waals surface area contributed by atoms with E-state index < -0.39 is 9.03 Å². The van der Waals surface area contributed by atoms with Gasteiger partial charge in [-0.1, -0.05) is 12.1 Å². The summed E-state index contributed by atoms with van der Waals surface area (Å²) in [4.78, 5) is 21.4. The molecule has 1 unspecified atom stereocenters. The molecule has 0 fully saturated rings. The maximum absolute atomic E-state index is 11.2. The second-order valence-electron chi connectivity index (χ2n) is 3.40. The van der Waals surface area contributed by atoms with Gasteiger partial charge in [-0.2, -0.15) is 12.6 Å². The molecule has 0 spiro atoms. The zero-order valence-electron chi connectivity index (χ0n) is 9.31. The van der Waals surface area contributed by atoms with Crippen LogP contribution in [0.4, 0.5) is 0 Å². The summed E-state index contributed by atoms with van der Waals surface area (Å²) in [6.07, 6.45) is 1.21. The van der Waals surface area contributed by atoms with Crippen LogP contribution in [0.15, 0.2) is 24.3 Å². The number of hydrogen-bond acceptors (Lipinski definition) is 4. The molecule has 1 rings (SSSR count). The van der Waals surface area contributed by atoms with E-state index in [-0.39, 0.29) is 5.91 Å². The van der Waals surface area contributed by atoms with E-state index >= 15 is 0 Å². The van der Waals surface area contributed by atoms with Crippen LogP contribution in [0.5, 0.6) is 5.75 Å². The van der Waals surface area contributed by atoms with Gasteiger partial charge in [-0.25, -0.2) is 0 Å². The van der Waals surface area contributed by atoms with Gasteiger partial charge in [-0.05, 0) is 38.9 Å². The van der Waals surface area contributed by atoms with Crippen LogP contribution in [-0.4, -0.2) is 18.2 Å². The van der Waals surface area contributed by atoms with E-state index in [1.165, 1.54) is 0 Å². The lowest BCUT2D eigenvalue weighted by Gasteiger charge is -2.09.